The molecular formula is C9H18N2OS. The standard InChI is InChI=1S/C9H18N2OS/c1-11(2)9(7-8(10)12)3-5-13-6-4-9/h3-7H2,1-2H3,(H2,10,12). The Morgan fingerprint density at radius 3 is 2.38 bits per heavy atom. The molecule has 0 bridgehead atoms. The quantitative estimate of drug-likeness (QED) is 0.732. The lowest BCUT2D eigenvalue weighted by Gasteiger charge is -2.42. The summed E-state index contributed by atoms with van der Waals surface area (Å²) in [6, 6.07) is 0. The summed E-state index contributed by atoms with van der Waals surface area (Å²) < 4.78 is 0. The molecule has 4 heteroatoms. The zero-order valence-electron chi connectivity index (χ0n) is 8.38. The zero-order chi connectivity index (χ0) is 9.90. The van der Waals surface area contributed by atoms with Crippen molar-refractivity contribution in [1.29, 1.82) is 0 Å². The lowest BCUT2D eigenvalue weighted by Crippen LogP contribution is -2.49. The van der Waals surface area contributed by atoms with Crippen LogP contribution in [-0.4, -0.2) is 41.9 Å². The first-order valence-corrected chi connectivity index (χ1v) is 5.76. The molecule has 0 radical (unpaired) electrons. The maximum atomic E-state index is 11.0. The van der Waals surface area contributed by atoms with Gasteiger partial charge in [0.05, 0.1) is 0 Å². The number of rotatable bonds is 3. The van der Waals surface area contributed by atoms with Crippen molar-refractivity contribution in [2.24, 2.45) is 5.73 Å². The van der Waals surface area contributed by atoms with E-state index in [0.29, 0.717) is 6.42 Å². The van der Waals surface area contributed by atoms with Gasteiger partial charge in [0.15, 0.2) is 0 Å². The molecule has 3 nitrogen and oxygen atoms in total. The van der Waals surface area contributed by atoms with E-state index >= 15 is 0 Å². The molecule has 0 saturated carbocycles. The molecule has 1 aliphatic heterocycles. The van der Waals surface area contributed by atoms with E-state index in [1.807, 2.05) is 25.9 Å². The smallest absolute Gasteiger partial charge is 0.219 e. The Morgan fingerprint density at radius 2 is 2.00 bits per heavy atom. The number of hydrogen-bond acceptors (Lipinski definition) is 3. The highest BCUT2D eigenvalue weighted by Crippen LogP contribution is 2.33. The summed E-state index contributed by atoms with van der Waals surface area (Å²) in [4.78, 5) is 13.1. The molecule has 0 atom stereocenters. The average Bonchev–Trinajstić information content (AvgIpc) is 2.04. The van der Waals surface area contributed by atoms with Gasteiger partial charge in [-0.3, -0.25) is 4.79 Å². The van der Waals surface area contributed by atoms with Crippen LogP contribution in [0.25, 0.3) is 0 Å². The van der Waals surface area contributed by atoms with Gasteiger partial charge in [-0.15, -0.1) is 0 Å². The van der Waals surface area contributed by atoms with Crippen molar-refractivity contribution in [3.8, 4) is 0 Å². The fourth-order valence-electron chi connectivity index (χ4n) is 1.86. The largest absolute Gasteiger partial charge is 0.370 e. The van der Waals surface area contributed by atoms with Gasteiger partial charge < -0.3 is 10.6 Å². The summed E-state index contributed by atoms with van der Waals surface area (Å²) in [5.74, 6) is 2.11. The van der Waals surface area contributed by atoms with Crippen LogP contribution in [0.2, 0.25) is 0 Å². The van der Waals surface area contributed by atoms with Crippen LogP contribution >= 0.6 is 11.8 Å². The Labute approximate surface area is 84.0 Å². The Balaban J connectivity index is 2.67. The molecule has 1 fully saturated rings. The highest BCUT2D eigenvalue weighted by atomic mass is 32.2. The fraction of sp³-hybridized carbons (Fsp3) is 0.889. The number of primary amides is 1. The van der Waals surface area contributed by atoms with Gasteiger partial charge in [-0.1, -0.05) is 0 Å². The van der Waals surface area contributed by atoms with Gasteiger partial charge in [-0.05, 0) is 38.4 Å². The molecule has 0 spiro atoms. The summed E-state index contributed by atoms with van der Waals surface area (Å²) in [5, 5.41) is 0. The van der Waals surface area contributed by atoms with Crippen LogP contribution < -0.4 is 5.73 Å². The van der Waals surface area contributed by atoms with E-state index in [9.17, 15) is 4.79 Å². The first-order valence-electron chi connectivity index (χ1n) is 4.60. The molecule has 1 heterocycles. The van der Waals surface area contributed by atoms with E-state index < -0.39 is 0 Å². The van der Waals surface area contributed by atoms with E-state index in [4.69, 9.17) is 5.73 Å². The van der Waals surface area contributed by atoms with Crippen molar-refractivity contribution in [2.45, 2.75) is 24.8 Å². The van der Waals surface area contributed by atoms with Gasteiger partial charge in [0.25, 0.3) is 0 Å². The summed E-state index contributed by atoms with van der Waals surface area (Å²) in [5.41, 5.74) is 5.31. The monoisotopic (exact) mass is 202 g/mol. The van der Waals surface area contributed by atoms with Crippen molar-refractivity contribution < 1.29 is 4.79 Å². The number of amides is 1. The first kappa shape index (κ1) is 10.9. The Hall–Kier alpha value is -0.220. The molecule has 2 N–H and O–H groups in total. The van der Waals surface area contributed by atoms with Gasteiger partial charge in [0, 0.05) is 12.0 Å². The minimum absolute atomic E-state index is 0.0388. The SMILES string of the molecule is CN(C)C1(CC(N)=O)CCSCC1. The number of nitrogens with two attached hydrogens (primary N) is 1. The topological polar surface area (TPSA) is 46.3 Å². The van der Waals surface area contributed by atoms with Gasteiger partial charge in [-0.2, -0.15) is 11.8 Å². The maximum Gasteiger partial charge on any atom is 0.219 e. The number of nitrogens with zero attached hydrogens (tertiary/aromatic N) is 1. The molecule has 76 valence electrons. The van der Waals surface area contributed by atoms with E-state index in [0.717, 1.165) is 24.3 Å². The Kier molecular flexibility index (Phi) is 3.62. The minimum Gasteiger partial charge on any atom is -0.370 e. The van der Waals surface area contributed by atoms with E-state index in [1.54, 1.807) is 0 Å². The molecule has 0 unspecified atom stereocenters. The Morgan fingerprint density at radius 1 is 1.46 bits per heavy atom. The van der Waals surface area contributed by atoms with Crippen molar-refractivity contribution in [1.82, 2.24) is 4.90 Å². The molecule has 1 saturated heterocycles. The van der Waals surface area contributed by atoms with Crippen LogP contribution in [0.1, 0.15) is 19.3 Å². The second-order valence-electron chi connectivity index (χ2n) is 3.87. The maximum absolute atomic E-state index is 11.0. The van der Waals surface area contributed by atoms with E-state index in [1.165, 1.54) is 0 Å². The molecule has 0 aromatic carbocycles. The summed E-state index contributed by atoms with van der Waals surface area (Å²) in [7, 11) is 4.08. The highest BCUT2D eigenvalue weighted by Gasteiger charge is 2.35. The molecule has 1 amide bonds. The highest BCUT2D eigenvalue weighted by molar-refractivity contribution is 7.99. The predicted molar refractivity (Wildman–Crippen MR) is 56.8 cm³/mol. The molecule has 1 aliphatic rings. The third-order valence-electron chi connectivity index (χ3n) is 2.88. The zero-order valence-corrected chi connectivity index (χ0v) is 9.19. The number of carbonyl (C=O) groups is 1. The molecule has 13 heavy (non-hydrogen) atoms. The first-order chi connectivity index (χ1) is 6.07. The van der Waals surface area contributed by atoms with Gasteiger partial charge in [-0.25, -0.2) is 0 Å². The Bertz CT molecular complexity index is 188. The third-order valence-corrected chi connectivity index (χ3v) is 3.86. The van der Waals surface area contributed by atoms with Crippen LogP contribution in [-0.2, 0) is 4.79 Å². The predicted octanol–water partition coefficient (Wildman–Crippen LogP) is 0.689. The van der Waals surface area contributed by atoms with Crippen LogP contribution in [0.4, 0.5) is 0 Å². The van der Waals surface area contributed by atoms with Crippen molar-refractivity contribution >= 4 is 17.7 Å². The lowest BCUT2D eigenvalue weighted by atomic mass is 9.87. The number of carbonyl (C=O) groups excluding carboxylic acids is 1. The fourth-order valence-corrected chi connectivity index (χ4v) is 3.11. The minimum atomic E-state index is -0.180. The van der Waals surface area contributed by atoms with Crippen molar-refractivity contribution in [2.75, 3.05) is 25.6 Å². The second kappa shape index (κ2) is 4.33. The number of thioether (sulfide) groups is 1. The lowest BCUT2D eigenvalue weighted by molar-refractivity contribution is -0.120. The molecule has 1 rings (SSSR count). The van der Waals surface area contributed by atoms with Crippen LogP contribution in [0, 0.1) is 0 Å². The van der Waals surface area contributed by atoms with Crippen molar-refractivity contribution in [3.05, 3.63) is 0 Å². The van der Waals surface area contributed by atoms with Gasteiger partial charge >= 0.3 is 0 Å². The van der Waals surface area contributed by atoms with Gasteiger partial charge in [0.1, 0.15) is 0 Å². The van der Waals surface area contributed by atoms with Crippen LogP contribution in [0.15, 0.2) is 0 Å². The molecule has 0 aliphatic carbocycles. The third kappa shape index (κ3) is 2.61. The number of hydrogen-bond donors (Lipinski definition) is 1. The summed E-state index contributed by atoms with van der Waals surface area (Å²) in [6.07, 6.45) is 2.65. The summed E-state index contributed by atoms with van der Waals surface area (Å²) >= 11 is 1.96. The van der Waals surface area contributed by atoms with Gasteiger partial charge in [0.2, 0.25) is 5.91 Å². The van der Waals surface area contributed by atoms with Crippen LogP contribution in [0.5, 0.6) is 0 Å². The molecular weight excluding hydrogens is 184 g/mol. The molecule has 0 aromatic heterocycles. The van der Waals surface area contributed by atoms with E-state index in [2.05, 4.69) is 4.90 Å². The van der Waals surface area contributed by atoms with Crippen molar-refractivity contribution in [3.63, 3.8) is 0 Å². The van der Waals surface area contributed by atoms with E-state index in [-0.39, 0.29) is 11.4 Å². The molecule has 0 aromatic rings. The van der Waals surface area contributed by atoms with Crippen LogP contribution in [0.3, 0.4) is 0 Å². The summed E-state index contributed by atoms with van der Waals surface area (Å²) in [6.45, 7) is 0. The second-order valence-corrected chi connectivity index (χ2v) is 5.10. The average molecular weight is 202 g/mol. The normalized spacial score (nSPS) is 21.8.